The minimum atomic E-state index is -4.60. The van der Waals surface area contributed by atoms with Crippen molar-refractivity contribution in [1.29, 1.82) is 0 Å². The van der Waals surface area contributed by atoms with E-state index in [0.29, 0.717) is 6.07 Å². The molecule has 24 heavy (non-hydrogen) atoms. The Morgan fingerprint density at radius 2 is 2.00 bits per heavy atom. The van der Waals surface area contributed by atoms with E-state index in [1.165, 1.54) is 17.4 Å². The van der Waals surface area contributed by atoms with Gasteiger partial charge < -0.3 is 5.32 Å². The van der Waals surface area contributed by atoms with Crippen LogP contribution in [-0.2, 0) is 12.6 Å². The van der Waals surface area contributed by atoms with E-state index in [2.05, 4.69) is 5.32 Å². The van der Waals surface area contributed by atoms with Gasteiger partial charge in [0.25, 0.3) is 5.69 Å². The van der Waals surface area contributed by atoms with Gasteiger partial charge in [-0.1, -0.05) is 6.07 Å². The number of likely N-dealkylation sites (N-methyl/N-ethyl adjacent to an activating group) is 1. The fourth-order valence-electron chi connectivity index (χ4n) is 2.37. The van der Waals surface area contributed by atoms with Crippen LogP contribution in [0.5, 0.6) is 0 Å². The van der Waals surface area contributed by atoms with E-state index in [9.17, 15) is 23.3 Å². The van der Waals surface area contributed by atoms with Gasteiger partial charge in [0, 0.05) is 22.5 Å². The molecule has 1 heterocycles. The molecule has 1 N–H and O–H groups in total. The molecule has 9 heteroatoms. The summed E-state index contributed by atoms with van der Waals surface area (Å²) in [6, 6.07) is 4.42. The Morgan fingerprint density at radius 1 is 1.33 bits per heavy atom. The van der Waals surface area contributed by atoms with Gasteiger partial charge in [0.2, 0.25) is 0 Å². The monoisotopic (exact) mass is 380 g/mol. The number of rotatable bonds is 5. The average Bonchev–Trinajstić information content (AvgIpc) is 2.89. The molecule has 0 saturated heterocycles. The fourth-order valence-corrected chi connectivity index (χ4v) is 3.41. The molecule has 2 rings (SSSR count). The van der Waals surface area contributed by atoms with Crippen molar-refractivity contribution in [2.75, 3.05) is 7.05 Å². The fraction of sp³-hybridized carbons (Fsp3) is 0.333. The number of hydrogen-bond donors (Lipinski definition) is 1. The molecule has 0 amide bonds. The highest BCUT2D eigenvalue weighted by molar-refractivity contribution is 7.10. The molecule has 0 radical (unpaired) electrons. The van der Waals surface area contributed by atoms with Crippen molar-refractivity contribution < 1.29 is 18.1 Å². The molecule has 0 fully saturated rings. The van der Waals surface area contributed by atoms with Crippen LogP contribution in [-0.4, -0.2) is 12.0 Å². The zero-order valence-electron chi connectivity index (χ0n) is 12.9. The van der Waals surface area contributed by atoms with Gasteiger partial charge in [-0.15, -0.1) is 23.7 Å². The molecule has 0 saturated carbocycles. The zero-order chi connectivity index (χ0) is 17.2. The predicted molar refractivity (Wildman–Crippen MR) is 89.9 cm³/mol. The van der Waals surface area contributed by atoms with Crippen LogP contribution in [0, 0.1) is 17.0 Å². The van der Waals surface area contributed by atoms with Crippen LogP contribution >= 0.6 is 23.7 Å². The van der Waals surface area contributed by atoms with Gasteiger partial charge >= 0.3 is 6.18 Å². The van der Waals surface area contributed by atoms with Crippen LogP contribution in [0.2, 0.25) is 0 Å². The van der Waals surface area contributed by atoms with E-state index >= 15 is 0 Å². The van der Waals surface area contributed by atoms with Crippen molar-refractivity contribution in [3.05, 3.63) is 61.3 Å². The molecule has 0 aliphatic heterocycles. The molecule has 1 unspecified atom stereocenters. The maximum atomic E-state index is 12.7. The summed E-state index contributed by atoms with van der Waals surface area (Å²) < 4.78 is 38.2. The van der Waals surface area contributed by atoms with Crippen LogP contribution in [0.4, 0.5) is 18.9 Å². The lowest BCUT2D eigenvalue weighted by atomic mass is 9.99. The number of nitrogens with zero attached hydrogens (tertiary/aromatic N) is 1. The van der Waals surface area contributed by atoms with Crippen LogP contribution in [0.15, 0.2) is 29.6 Å². The van der Waals surface area contributed by atoms with Gasteiger partial charge in [0.1, 0.15) is 0 Å². The summed E-state index contributed by atoms with van der Waals surface area (Å²) in [5.74, 6) is 0. The van der Waals surface area contributed by atoms with Crippen molar-refractivity contribution in [2.24, 2.45) is 0 Å². The van der Waals surface area contributed by atoms with Gasteiger partial charge in [-0.2, -0.15) is 13.2 Å². The first-order chi connectivity index (χ1) is 10.7. The normalized spacial score (nSPS) is 12.5. The molecule has 1 aromatic heterocycles. The highest BCUT2D eigenvalue weighted by atomic mass is 35.5. The van der Waals surface area contributed by atoms with E-state index < -0.39 is 22.4 Å². The molecular formula is C15H16ClF3N2O2S. The maximum Gasteiger partial charge on any atom is 0.416 e. The van der Waals surface area contributed by atoms with Crippen molar-refractivity contribution in [1.82, 2.24) is 5.32 Å². The lowest BCUT2D eigenvalue weighted by molar-refractivity contribution is -0.385. The number of alkyl halides is 3. The number of thiophene rings is 1. The molecule has 4 nitrogen and oxygen atoms in total. The zero-order valence-corrected chi connectivity index (χ0v) is 14.5. The minimum Gasteiger partial charge on any atom is -0.312 e. The Balaban J connectivity index is 0.00000288. The number of nitro groups is 1. The van der Waals surface area contributed by atoms with Gasteiger partial charge in [0.05, 0.1) is 10.5 Å². The summed E-state index contributed by atoms with van der Waals surface area (Å²) in [5.41, 5.74) is -0.199. The summed E-state index contributed by atoms with van der Waals surface area (Å²) in [6.07, 6.45) is -4.36. The molecule has 0 aliphatic carbocycles. The van der Waals surface area contributed by atoms with Crippen molar-refractivity contribution in [3.8, 4) is 0 Å². The van der Waals surface area contributed by atoms with E-state index in [1.807, 2.05) is 18.4 Å². The van der Waals surface area contributed by atoms with Crippen LogP contribution in [0.25, 0.3) is 0 Å². The van der Waals surface area contributed by atoms with Gasteiger partial charge in [-0.05, 0) is 43.5 Å². The third-order valence-corrected chi connectivity index (χ3v) is 4.73. The average molecular weight is 381 g/mol. The molecule has 0 bridgehead atoms. The molecule has 0 spiro atoms. The minimum absolute atomic E-state index is 0. The molecule has 132 valence electrons. The number of aryl methyl sites for hydroxylation is 1. The van der Waals surface area contributed by atoms with Gasteiger partial charge in [-0.25, -0.2) is 0 Å². The van der Waals surface area contributed by atoms with E-state index in [1.54, 1.807) is 7.05 Å². The smallest absolute Gasteiger partial charge is 0.312 e. The van der Waals surface area contributed by atoms with Crippen molar-refractivity contribution in [3.63, 3.8) is 0 Å². The first-order valence-electron chi connectivity index (χ1n) is 6.79. The number of benzene rings is 1. The summed E-state index contributed by atoms with van der Waals surface area (Å²) in [5, 5.41) is 16.1. The second kappa shape index (κ2) is 7.96. The maximum absolute atomic E-state index is 12.7. The summed E-state index contributed by atoms with van der Waals surface area (Å²) >= 11 is 1.51. The van der Waals surface area contributed by atoms with Crippen LogP contribution < -0.4 is 5.32 Å². The largest absolute Gasteiger partial charge is 0.416 e. The Labute approximate surface area is 147 Å². The lowest BCUT2D eigenvalue weighted by Gasteiger charge is -2.17. The lowest BCUT2D eigenvalue weighted by Crippen LogP contribution is -2.19. The van der Waals surface area contributed by atoms with Gasteiger partial charge in [0.15, 0.2) is 0 Å². The molecular weight excluding hydrogens is 365 g/mol. The predicted octanol–water partition coefficient (Wildman–Crippen LogP) is 4.91. The molecule has 1 aromatic carbocycles. The second-order valence-electron chi connectivity index (χ2n) is 5.11. The Morgan fingerprint density at radius 3 is 2.46 bits per heavy atom. The number of halogens is 4. The Kier molecular flexibility index (Phi) is 6.76. The summed E-state index contributed by atoms with van der Waals surface area (Å²) in [6.45, 7) is 1.93. The van der Waals surface area contributed by atoms with Gasteiger partial charge in [-0.3, -0.25) is 10.1 Å². The number of nitrogens with one attached hydrogen (secondary N) is 1. The standard InChI is InChI=1S/C15H15F3N2O2S.ClH/c1-9-5-6-23-14(9)12(19-2)7-10-3-4-11(15(16,17)18)8-13(10)20(21)22;/h3-6,8,12,19H,7H2,1-2H3;1H. The Bertz CT molecular complexity index is 719. The first kappa shape index (κ1) is 20.4. The topological polar surface area (TPSA) is 55.2 Å². The number of nitro benzene ring substituents is 1. The van der Waals surface area contributed by atoms with Crippen molar-refractivity contribution >= 4 is 29.4 Å². The highest BCUT2D eigenvalue weighted by Gasteiger charge is 2.33. The Hall–Kier alpha value is -1.64. The SMILES string of the molecule is CNC(Cc1ccc(C(F)(F)F)cc1[N+](=O)[O-])c1sccc1C.Cl. The quantitative estimate of drug-likeness (QED) is 0.592. The first-order valence-corrected chi connectivity index (χ1v) is 7.67. The van der Waals surface area contributed by atoms with Crippen LogP contribution in [0.1, 0.15) is 27.6 Å². The van der Waals surface area contributed by atoms with Crippen LogP contribution in [0.3, 0.4) is 0 Å². The second-order valence-corrected chi connectivity index (χ2v) is 6.06. The molecule has 0 aliphatic rings. The van der Waals surface area contributed by atoms with E-state index in [-0.39, 0.29) is 30.4 Å². The van der Waals surface area contributed by atoms with Crippen molar-refractivity contribution in [2.45, 2.75) is 25.6 Å². The molecule has 1 atom stereocenters. The third-order valence-electron chi connectivity index (χ3n) is 3.60. The van der Waals surface area contributed by atoms with E-state index in [4.69, 9.17) is 0 Å². The van der Waals surface area contributed by atoms with E-state index in [0.717, 1.165) is 16.5 Å². The number of hydrogen-bond acceptors (Lipinski definition) is 4. The summed E-state index contributed by atoms with van der Waals surface area (Å²) in [7, 11) is 1.72. The third kappa shape index (κ3) is 4.46. The summed E-state index contributed by atoms with van der Waals surface area (Å²) in [4.78, 5) is 11.4. The highest BCUT2D eigenvalue weighted by Crippen LogP contribution is 2.35. The molecule has 2 aromatic rings.